The van der Waals surface area contributed by atoms with Crippen molar-refractivity contribution in [2.75, 3.05) is 5.73 Å². The van der Waals surface area contributed by atoms with E-state index in [9.17, 15) is 13.6 Å². The van der Waals surface area contributed by atoms with Crippen molar-refractivity contribution in [2.45, 2.75) is 6.43 Å². The van der Waals surface area contributed by atoms with Crippen LogP contribution in [0.2, 0.25) is 0 Å². The number of anilines is 1. The molecule has 3 N–H and O–H groups in total. The first-order valence-electron chi connectivity index (χ1n) is 3.41. The molecule has 0 amide bonds. The first kappa shape index (κ1) is 10.6. The van der Waals surface area contributed by atoms with Gasteiger partial charge in [-0.2, -0.15) is 0 Å². The van der Waals surface area contributed by atoms with Gasteiger partial charge >= 0.3 is 0 Å². The summed E-state index contributed by atoms with van der Waals surface area (Å²) in [6.07, 6.45) is -2.93. The Balaban J connectivity index is 3.34. The fourth-order valence-corrected chi connectivity index (χ4v) is 0.990. The molecule has 0 unspecified atom stereocenters. The maximum atomic E-state index is 12.2. The van der Waals surface area contributed by atoms with Crippen molar-refractivity contribution >= 4 is 22.5 Å². The Morgan fingerprint density at radius 2 is 2.21 bits per heavy atom. The van der Waals surface area contributed by atoms with Gasteiger partial charge in [-0.3, -0.25) is 4.79 Å². The van der Waals surface area contributed by atoms with Crippen LogP contribution in [0.15, 0.2) is 6.07 Å². The van der Waals surface area contributed by atoms with E-state index in [4.69, 9.17) is 22.4 Å². The summed E-state index contributed by atoms with van der Waals surface area (Å²) in [5.74, 6) is -0.619. The van der Waals surface area contributed by atoms with Crippen LogP contribution in [0.5, 0.6) is 5.75 Å². The lowest BCUT2D eigenvalue weighted by atomic mass is 10.2. The number of carbonyl (C=O) groups is 1. The summed E-state index contributed by atoms with van der Waals surface area (Å²) in [7, 11) is 0. The zero-order chi connectivity index (χ0) is 10.9. The number of aromatic nitrogens is 1. The third-order valence-corrected chi connectivity index (χ3v) is 1.63. The van der Waals surface area contributed by atoms with E-state index < -0.39 is 28.8 Å². The van der Waals surface area contributed by atoms with E-state index in [-0.39, 0.29) is 5.69 Å². The molecule has 1 aromatic heterocycles. The van der Waals surface area contributed by atoms with Crippen LogP contribution in [0.25, 0.3) is 0 Å². The van der Waals surface area contributed by atoms with Crippen LogP contribution < -0.4 is 5.73 Å². The maximum absolute atomic E-state index is 12.2. The van der Waals surface area contributed by atoms with E-state index in [1.807, 2.05) is 0 Å². The number of rotatable bonds is 2. The maximum Gasteiger partial charge on any atom is 0.282 e. The highest BCUT2D eigenvalue weighted by Gasteiger charge is 2.19. The van der Waals surface area contributed by atoms with Crippen molar-refractivity contribution in [2.24, 2.45) is 0 Å². The zero-order valence-electron chi connectivity index (χ0n) is 6.67. The van der Waals surface area contributed by atoms with Crippen molar-refractivity contribution < 1.29 is 18.7 Å². The summed E-state index contributed by atoms with van der Waals surface area (Å²) >= 11 is 4.99. The first-order valence-corrected chi connectivity index (χ1v) is 3.78. The lowest BCUT2D eigenvalue weighted by Gasteiger charge is -2.06. The minimum atomic E-state index is -2.93. The van der Waals surface area contributed by atoms with Gasteiger partial charge in [-0.05, 0) is 11.6 Å². The molecule has 0 fully saturated rings. The average molecular weight is 223 g/mol. The van der Waals surface area contributed by atoms with Gasteiger partial charge in [0.05, 0.1) is 5.69 Å². The lowest BCUT2D eigenvalue weighted by molar-refractivity contribution is 0.107. The quantitative estimate of drug-likeness (QED) is 0.747. The molecular formula is C7H5ClF2N2O2. The SMILES string of the molecule is Nc1cc(O)c(C(=O)Cl)nc1C(F)F. The van der Waals surface area contributed by atoms with Gasteiger partial charge in [0.25, 0.3) is 11.7 Å². The van der Waals surface area contributed by atoms with E-state index in [2.05, 4.69) is 4.98 Å². The summed E-state index contributed by atoms with van der Waals surface area (Å²) in [5.41, 5.74) is 3.34. The summed E-state index contributed by atoms with van der Waals surface area (Å²) in [6.45, 7) is 0. The minimum Gasteiger partial charge on any atom is -0.505 e. The topological polar surface area (TPSA) is 76.2 Å². The summed E-state index contributed by atoms with van der Waals surface area (Å²) in [4.78, 5) is 13.8. The number of hydrogen-bond donors (Lipinski definition) is 2. The van der Waals surface area contributed by atoms with Crippen LogP contribution in [-0.4, -0.2) is 15.3 Å². The van der Waals surface area contributed by atoms with Crippen molar-refractivity contribution in [1.29, 1.82) is 0 Å². The Morgan fingerprint density at radius 3 is 2.64 bits per heavy atom. The molecule has 7 heteroatoms. The van der Waals surface area contributed by atoms with Gasteiger partial charge < -0.3 is 10.8 Å². The van der Waals surface area contributed by atoms with Crippen LogP contribution in [0.4, 0.5) is 14.5 Å². The van der Waals surface area contributed by atoms with E-state index in [1.54, 1.807) is 0 Å². The molecule has 0 atom stereocenters. The Kier molecular flexibility index (Phi) is 2.85. The molecule has 0 aliphatic heterocycles. The number of aromatic hydroxyl groups is 1. The van der Waals surface area contributed by atoms with Gasteiger partial charge in [-0.25, -0.2) is 13.8 Å². The second-order valence-corrected chi connectivity index (χ2v) is 2.75. The molecule has 1 heterocycles. The average Bonchev–Trinajstić information content (AvgIpc) is 2.02. The molecule has 0 aromatic carbocycles. The number of halogens is 3. The number of nitrogens with zero attached hydrogens (tertiary/aromatic N) is 1. The van der Waals surface area contributed by atoms with Gasteiger partial charge in [0.1, 0.15) is 11.4 Å². The van der Waals surface area contributed by atoms with Gasteiger partial charge in [-0.15, -0.1) is 0 Å². The number of hydrogen-bond acceptors (Lipinski definition) is 4. The summed E-state index contributed by atoms with van der Waals surface area (Å²) in [6, 6.07) is 0.810. The monoisotopic (exact) mass is 222 g/mol. The molecule has 0 saturated heterocycles. The number of nitrogen functional groups attached to an aromatic ring is 1. The second-order valence-electron chi connectivity index (χ2n) is 2.40. The zero-order valence-corrected chi connectivity index (χ0v) is 7.42. The number of nitrogens with two attached hydrogens (primary N) is 1. The molecular weight excluding hydrogens is 218 g/mol. The van der Waals surface area contributed by atoms with Crippen molar-refractivity contribution in [3.8, 4) is 5.75 Å². The van der Waals surface area contributed by atoms with Crippen LogP contribution in [0, 0.1) is 0 Å². The van der Waals surface area contributed by atoms with Crippen molar-refractivity contribution in [1.82, 2.24) is 4.98 Å². The largest absolute Gasteiger partial charge is 0.505 e. The molecule has 0 bridgehead atoms. The second kappa shape index (κ2) is 3.75. The van der Waals surface area contributed by atoms with Gasteiger partial charge in [-0.1, -0.05) is 0 Å². The number of alkyl halides is 2. The highest BCUT2D eigenvalue weighted by atomic mass is 35.5. The highest BCUT2D eigenvalue weighted by Crippen LogP contribution is 2.28. The van der Waals surface area contributed by atoms with Crippen LogP contribution in [0.3, 0.4) is 0 Å². The molecule has 0 aliphatic rings. The van der Waals surface area contributed by atoms with E-state index in [1.165, 1.54) is 0 Å². The van der Waals surface area contributed by atoms with E-state index >= 15 is 0 Å². The molecule has 1 rings (SSSR count). The van der Waals surface area contributed by atoms with Gasteiger partial charge in [0.2, 0.25) is 0 Å². The minimum absolute atomic E-state index is 0.390. The fraction of sp³-hybridized carbons (Fsp3) is 0.143. The Labute approximate surface area is 82.3 Å². The predicted octanol–water partition coefficient (Wildman–Crippen LogP) is 1.69. The molecule has 0 aliphatic carbocycles. The third-order valence-electron chi connectivity index (χ3n) is 1.46. The Morgan fingerprint density at radius 1 is 1.64 bits per heavy atom. The molecule has 0 saturated carbocycles. The molecule has 0 radical (unpaired) electrons. The Hall–Kier alpha value is -1.43. The Bertz CT molecular complexity index is 384. The van der Waals surface area contributed by atoms with Crippen molar-refractivity contribution in [3.63, 3.8) is 0 Å². The molecule has 76 valence electrons. The fourth-order valence-electron chi connectivity index (χ4n) is 0.851. The molecule has 4 nitrogen and oxygen atoms in total. The molecule has 0 spiro atoms. The normalized spacial score (nSPS) is 10.6. The first-order chi connectivity index (χ1) is 6.43. The van der Waals surface area contributed by atoms with E-state index in [0.717, 1.165) is 6.07 Å². The number of carbonyl (C=O) groups excluding carboxylic acids is 1. The highest BCUT2D eigenvalue weighted by molar-refractivity contribution is 6.67. The smallest absolute Gasteiger partial charge is 0.282 e. The third kappa shape index (κ3) is 1.90. The van der Waals surface area contributed by atoms with Gasteiger partial charge in [0.15, 0.2) is 5.69 Å². The standard InChI is InChI=1S/C7H5ClF2N2O2/c8-6(14)5-3(13)1-2(11)4(12-5)7(9)10/h1,7,13H,11H2. The predicted molar refractivity (Wildman–Crippen MR) is 45.5 cm³/mol. The summed E-state index contributed by atoms with van der Waals surface area (Å²) in [5, 5.41) is 7.95. The molecule has 14 heavy (non-hydrogen) atoms. The van der Waals surface area contributed by atoms with Crippen LogP contribution in [-0.2, 0) is 0 Å². The van der Waals surface area contributed by atoms with Crippen LogP contribution in [0.1, 0.15) is 22.6 Å². The van der Waals surface area contributed by atoms with Gasteiger partial charge in [0, 0.05) is 6.07 Å². The van der Waals surface area contributed by atoms with Crippen LogP contribution >= 0.6 is 11.6 Å². The molecule has 1 aromatic rings. The summed E-state index contributed by atoms with van der Waals surface area (Å²) < 4.78 is 24.4. The lowest BCUT2D eigenvalue weighted by Crippen LogP contribution is -2.04. The van der Waals surface area contributed by atoms with E-state index in [0.29, 0.717) is 0 Å². The van der Waals surface area contributed by atoms with Crippen molar-refractivity contribution in [3.05, 3.63) is 17.5 Å². The number of pyridine rings is 1.